The molecule has 17 nitrogen and oxygen atoms in total. The standard InChI is InChI=1S/C52H69N3O14/c1-24(2)14-13-19-50(11)20-18-29-40(67-50)28(16-15-25(3)4)42-35(41(29)65-47-39(58)38(57)43-31(64-47)23-63-49(9,10)66-43)37(56)36-34(33(27(6)53)45(54)55-61)30-22-32-48(7,8)69-51(44(30)59,52(32,36)68-42)21-17-26(5)46(60)62-12/h14-15,17-18,20,30-34,36,38-39,43,47,57-58,61H,6,13,16,19,21-23,53H2,1-5,7-12H3,(H2,54,55)/b26-17-/t30?,31-,32?,33?,34?,36?,38-,39-,43-,47+,50?,51?,52?/m1/s1. The van der Waals surface area contributed by atoms with E-state index in [0.717, 1.165) is 11.1 Å². The molecule has 0 radical (unpaired) electrons. The van der Waals surface area contributed by atoms with Gasteiger partial charge in [-0.25, -0.2) is 4.79 Å². The Labute approximate surface area is 403 Å². The molecule has 376 valence electrons. The van der Waals surface area contributed by atoms with Gasteiger partial charge in [-0.3, -0.25) is 9.59 Å². The molecule has 7 N–H and O–H groups in total. The van der Waals surface area contributed by atoms with E-state index in [2.05, 4.69) is 17.8 Å². The Morgan fingerprint density at radius 2 is 1.70 bits per heavy atom. The molecule has 9 rings (SSSR count). The summed E-state index contributed by atoms with van der Waals surface area (Å²) in [5.74, 6) is -7.92. The van der Waals surface area contributed by atoms with E-state index in [9.17, 15) is 20.2 Å². The third kappa shape index (κ3) is 8.01. The van der Waals surface area contributed by atoms with Crippen LogP contribution < -0.4 is 25.7 Å². The predicted molar refractivity (Wildman–Crippen MR) is 252 cm³/mol. The minimum atomic E-state index is -1.89. The fourth-order valence-corrected chi connectivity index (χ4v) is 12.3. The van der Waals surface area contributed by atoms with Crippen molar-refractivity contribution in [3.8, 4) is 17.2 Å². The van der Waals surface area contributed by atoms with E-state index in [1.54, 1.807) is 26.8 Å². The number of Topliss-reactive ketones (excluding diaryl/α,β-unsaturated/α-hetero) is 2. The van der Waals surface area contributed by atoms with Crippen LogP contribution in [0.1, 0.15) is 116 Å². The molecule has 17 heteroatoms. The third-order valence-corrected chi connectivity index (χ3v) is 15.4. The largest absolute Gasteiger partial charge is 0.482 e. The number of carbonyl (C=O) groups is 3. The molecular weight excluding hydrogens is 891 g/mol. The molecule has 8 aliphatic rings. The number of hydrogen-bond acceptors (Lipinski definition) is 16. The summed E-state index contributed by atoms with van der Waals surface area (Å²) in [5, 5.41) is 37.1. The van der Waals surface area contributed by atoms with Crippen LogP contribution in [-0.4, -0.2) is 111 Å². The minimum Gasteiger partial charge on any atom is -0.482 e. The molecule has 3 saturated heterocycles. The highest BCUT2D eigenvalue weighted by Crippen LogP contribution is 2.73. The molecule has 8 unspecified atom stereocenters. The van der Waals surface area contributed by atoms with Gasteiger partial charge in [0.2, 0.25) is 6.29 Å². The Bertz CT molecular complexity index is 2480. The van der Waals surface area contributed by atoms with Crippen molar-refractivity contribution in [3.05, 3.63) is 70.0 Å². The molecule has 1 spiro atoms. The summed E-state index contributed by atoms with van der Waals surface area (Å²) in [4.78, 5) is 45.3. The Morgan fingerprint density at radius 3 is 2.33 bits per heavy atom. The smallest absolute Gasteiger partial charge is 0.333 e. The first kappa shape index (κ1) is 50.4. The zero-order chi connectivity index (χ0) is 50.5. The van der Waals surface area contributed by atoms with E-state index < -0.39 is 106 Å². The van der Waals surface area contributed by atoms with Gasteiger partial charge in [-0.2, -0.15) is 0 Å². The number of nitrogens with zero attached hydrogens (tertiary/aromatic N) is 1. The first-order valence-corrected chi connectivity index (χ1v) is 23.8. The van der Waals surface area contributed by atoms with Crippen molar-refractivity contribution in [1.82, 2.24) is 0 Å². The Hall–Kier alpha value is -5.04. The number of hydrogen-bond donors (Lipinski definition) is 5. The molecule has 5 heterocycles. The number of ether oxygens (including phenoxy) is 8. The van der Waals surface area contributed by atoms with E-state index >= 15 is 9.59 Å². The number of methoxy groups -OCH3 is 1. The second-order valence-corrected chi connectivity index (χ2v) is 21.5. The lowest BCUT2D eigenvalue weighted by Gasteiger charge is -2.64. The molecule has 6 fully saturated rings. The summed E-state index contributed by atoms with van der Waals surface area (Å²) in [5.41, 5.74) is 10.3. The monoisotopic (exact) mass is 959 g/mol. The number of aliphatic hydroxyl groups is 2. The van der Waals surface area contributed by atoms with Crippen LogP contribution in [0, 0.1) is 29.6 Å². The maximum absolute atomic E-state index is 16.7. The zero-order valence-corrected chi connectivity index (χ0v) is 41.5. The highest BCUT2D eigenvalue weighted by molar-refractivity contribution is 6.11. The van der Waals surface area contributed by atoms with Gasteiger partial charge < -0.3 is 64.8 Å². The molecule has 13 atom stereocenters. The van der Waals surface area contributed by atoms with Crippen molar-refractivity contribution in [2.24, 2.45) is 46.2 Å². The van der Waals surface area contributed by atoms with E-state index in [-0.39, 0.29) is 60.0 Å². The van der Waals surface area contributed by atoms with Crippen LogP contribution in [0.15, 0.2) is 58.5 Å². The van der Waals surface area contributed by atoms with Gasteiger partial charge in [0.15, 0.2) is 28.6 Å². The number of esters is 1. The summed E-state index contributed by atoms with van der Waals surface area (Å²) < 4.78 is 52.1. The van der Waals surface area contributed by atoms with Crippen molar-refractivity contribution in [3.63, 3.8) is 0 Å². The number of benzene rings is 1. The number of amidine groups is 1. The topological polar surface area (TPSA) is 250 Å². The average Bonchev–Trinajstić information content (AvgIpc) is 3.41. The van der Waals surface area contributed by atoms with Gasteiger partial charge in [-0.15, -0.1) is 0 Å². The summed E-state index contributed by atoms with van der Waals surface area (Å²) >= 11 is 0. The molecule has 0 aromatic heterocycles. The number of aliphatic hydroxyl groups excluding tert-OH is 2. The molecule has 0 amide bonds. The lowest BCUT2D eigenvalue weighted by Crippen LogP contribution is -2.79. The molecule has 3 aliphatic carbocycles. The lowest BCUT2D eigenvalue weighted by atomic mass is 9.41. The quantitative estimate of drug-likeness (QED) is 0.0301. The van der Waals surface area contributed by atoms with Crippen LogP contribution in [-0.2, 0) is 39.7 Å². The number of fused-ring (bicyclic) bond motifs is 3. The number of nitrogens with two attached hydrogens (primary N) is 2. The van der Waals surface area contributed by atoms with Gasteiger partial charge in [-0.05, 0) is 113 Å². The molecule has 3 saturated carbocycles. The number of allylic oxidation sites excluding steroid dienone is 4. The Balaban J connectivity index is 1.43. The van der Waals surface area contributed by atoms with Crippen LogP contribution in [0.5, 0.6) is 17.2 Å². The SMILES string of the molecule is C=C(N)C(/C(N)=N\O)C1C2CC3C(C)(C)OC(C/C=C(/C)C(=O)OC)(C2=O)C32Oc3c(CC=C(C)C)c4c(c(O[C@@H]5O[C@@H]6COC(C)(C)O[C@H]6[C@H](O)[C@H]5O)c3C(=O)C12)C=CC(C)(CCC=C(C)C)O4. The van der Waals surface area contributed by atoms with Crippen molar-refractivity contribution < 1.29 is 67.7 Å². The molecule has 5 aliphatic heterocycles. The maximum Gasteiger partial charge on any atom is 0.333 e. The first-order valence-electron chi connectivity index (χ1n) is 23.8. The Morgan fingerprint density at radius 1 is 1.00 bits per heavy atom. The van der Waals surface area contributed by atoms with E-state index in [4.69, 9.17) is 49.4 Å². The van der Waals surface area contributed by atoms with Gasteiger partial charge in [0.05, 0.1) is 36.7 Å². The van der Waals surface area contributed by atoms with Crippen molar-refractivity contribution in [2.45, 2.75) is 160 Å². The van der Waals surface area contributed by atoms with Gasteiger partial charge >= 0.3 is 5.97 Å². The third-order valence-electron chi connectivity index (χ3n) is 15.4. The number of oxime groups is 1. The maximum atomic E-state index is 16.7. The number of carbonyl (C=O) groups excluding carboxylic acids is 3. The first-order chi connectivity index (χ1) is 32.3. The molecular formula is C52H69N3O14. The van der Waals surface area contributed by atoms with E-state index in [1.165, 1.54) is 7.11 Å². The minimum absolute atomic E-state index is 0.00268. The van der Waals surface area contributed by atoms with Gasteiger partial charge in [-0.1, -0.05) is 41.1 Å². The lowest BCUT2D eigenvalue weighted by molar-refractivity contribution is -0.373. The van der Waals surface area contributed by atoms with Crippen LogP contribution in [0.25, 0.3) is 6.08 Å². The summed E-state index contributed by atoms with van der Waals surface area (Å²) in [6, 6.07) is 0. The van der Waals surface area contributed by atoms with Crippen LogP contribution in [0.2, 0.25) is 0 Å². The summed E-state index contributed by atoms with van der Waals surface area (Å²) in [7, 11) is 1.26. The number of rotatable bonds is 13. The molecule has 69 heavy (non-hydrogen) atoms. The highest BCUT2D eigenvalue weighted by atomic mass is 16.8. The fourth-order valence-electron chi connectivity index (χ4n) is 12.3. The van der Waals surface area contributed by atoms with Crippen LogP contribution in [0.4, 0.5) is 0 Å². The van der Waals surface area contributed by atoms with Crippen LogP contribution in [0.3, 0.4) is 0 Å². The van der Waals surface area contributed by atoms with Gasteiger partial charge in [0.25, 0.3) is 0 Å². The van der Waals surface area contributed by atoms with Crippen LogP contribution >= 0.6 is 0 Å². The second-order valence-electron chi connectivity index (χ2n) is 21.5. The highest BCUT2D eigenvalue weighted by Gasteiger charge is 2.86. The van der Waals surface area contributed by atoms with E-state index in [0.29, 0.717) is 29.7 Å². The van der Waals surface area contributed by atoms with Crippen molar-refractivity contribution in [2.75, 3.05) is 13.7 Å². The second kappa shape index (κ2) is 17.7. The molecule has 1 aromatic rings. The predicted octanol–water partition coefficient (Wildman–Crippen LogP) is 5.74. The zero-order valence-electron chi connectivity index (χ0n) is 41.5. The van der Waals surface area contributed by atoms with Crippen molar-refractivity contribution in [1.29, 1.82) is 0 Å². The van der Waals surface area contributed by atoms with Gasteiger partial charge in [0, 0.05) is 35.1 Å². The number of ketones is 2. The van der Waals surface area contributed by atoms with E-state index in [1.807, 2.05) is 66.7 Å². The van der Waals surface area contributed by atoms with Crippen molar-refractivity contribution >= 4 is 29.4 Å². The summed E-state index contributed by atoms with van der Waals surface area (Å²) in [6.07, 6.45) is 4.22. The normalized spacial score (nSPS) is 36.1. The molecule has 1 aromatic carbocycles. The van der Waals surface area contributed by atoms with Gasteiger partial charge in [0.1, 0.15) is 58.7 Å². The average molecular weight is 960 g/mol. The molecule has 4 bridgehead atoms. The Kier molecular flexibility index (Phi) is 12.9. The summed E-state index contributed by atoms with van der Waals surface area (Å²) in [6.45, 7) is 22.6. The fraction of sp³-hybridized carbons (Fsp3) is 0.615.